The van der Waals surface area contributed by atoms with Crippen molar-refractivity contribution in [3.05, 3.63) is 82.2 Å². The number of carbonyl (C=O) groups is 1. The lowest BCUT2D eigenvalue weighted by Gasteiger charge is -2.33. The number of benzene rings is 2. The summed E-state index contributed by atoms with van der Waals surface area (Å²) in [6.45, 7) is 0.465. The molecule has 1 aliphatic heterocycles. The number of hydrogen-bond acceptors (Lipinski definition) is 5. The maximum atomic E-state index is 14.1. The first-order valence-electron chi connectivity index (χ1n) is 10.1. The molecule has 3 heterocycles. The number of fused-ring (bicyclic) bond motifs is 1. The molecule has 156 valence electrons. The van der Waals surface area contributed by atoms with Crippen molar-refractivity contribution in [2.75, 3.05) is 6.54 Å². The number of aromatic amines is 1. The van der Waals surface area contributed by atoms with Crippen molar-refractivity contribution >= 4 is 16.8 Å². The molecular formula is C23H19FN4O3. The molecule has 1 amide bonds. The number of halogens is 1. The molecule has 2 aromatic carbocycles. The predicted octanol–water partition coefficient (Wildman–Crippen LogP) is 4.08. The zero-order valence-corrected chi connectivity index (χ0v) is 16.5. The van der Waals surface area contributed by atoms with Crippen molar-refractivity contribution in [3.63, 3.8) is 0 Å². The van der Waals surface area contributed by atoms with E-state index in [1.54, 1.807) is 35.2 Å². The van der Waals surface area contributed by atoms with E-state index in [9.17, 15) is 14.0 Å². The predicted molar refractivity (Wildman–Crippen MR) is 112 cm³/mol. The summed E-state index contributed by atoms with van der Waals surface area (Å²) in [5.41, 5.74) is 0.511. The number of amides is 1. The fraction of sp³-hybridized carbons (Fsp3) is 0.217. The quantitative estimate of drug-likeness (QED) is 0.541. The summed E-state index contributed by atoms with van der Waals surface area (Å²) in [6.07, 6.45) is 2.30. The van der Waals surface area contributed by atoms with Crippen molar-refractivity contribution in [1.82, 2.24) is 20.1 Å². The Hall–Kier alpha value is -3.81. The van der Waals surface area contributed by atoms with Gasteiger partial charge in [0.15, 0.2) is 0 Å². The van der Waals surface area contributed by atoms with Crippen LogP contribution in [0.15, 0.2) is 63.8 Å². The second kappa shape index (κ2) is 7.79. The fourth-order valence-electron chi connectivity index (χ4n) is 4.01. The lowest BCUT2D eigenvalue weighted by atomic mass is 10.0. The van der Waals surface area contributed by atoms with Crippen molar-refractivity contribution in [3.8, 4) is 11.5 Å². The summed E-state index contributed by atoms with van der Waals surface area (Å²) in [6, 6.07) is 14.6. The van der Waals surface area contributed by atoms with Gasteiger partial charge in [0.1, 0.15) is 17.4 Å². The van der Waals surface area contributed by atoms with Crippen LogP contribution in [0.25, 0.3) is 22.4 Å². The van der Waals surface area contributed by atoms with Gasteiger partial charge in [-0.3, -0.25) is 9.59 Å². The standard InChI is InChI=1S/C23H19FN4O3/c24-17-9-3-2-8-15(17)21-26-27-22(31-21)19-11-5-6-12-28(19)23(30)16-13-14-7-1-4-10-18(14)25-20(16)29/h1-4,7-10,13,19H,5-6,11-12H2,(H,25,29)/t19-/m0/s1. The molecule has 8 heteroatoms. The molecule has 31 heavy (non-hydrogen) atoms. The van der Waals surface area contributed by atoms with E-state index >= 15 is 0 Å². The Morgan fingerprint density at radius 3 is 2.77 bits per heavy atom. The SMILES string of the molecule is O=C(c1cc2ccccc2[nH]c1=O)N1CCCC[C@H]1c1nnc(-c2ccccc2F)o1. The first kappa shape index (κ1) is 19.2. The molecule has 1 N–H and O–H groups in total. The minimum absolute atomic E-state index is 0.0645. The van der Waals surface area contributed by atoms with Crippen molar-refractivity contribution in [2.24, 2.45) is 0 Å². The third kappa shape index (κ3) is 3.50. The van der Waals surface area contributed by atoms with Crippen LogP contribution in [0, 0.1) is 5.82 Å². The van der Waals surface area contributed by atoms with Gasteiger partial charge in [-0.25, -0.2) is 4.39 Å². The zero-order valence-electron chi connectivity index (χ0n) is 16.5. The zero-order chi connectivity index (χ0) is 21.4. The first-order valence-corrected chi connectivity index (χ1v) is 10.1. The molecule has 0 saturated carbocycles. The minimum atomic E-state index is -0.472. The van der Waals surface area contributed by atoms with E-state index in [1.165, 1.54) is 6.07 Å². The van der Waals surface area contributed by atoms with E-state index in [4.69, 9.17) is 4.42 Å². The Labute approximate surface area is 176 Å². The Balaban J connectivity index is 1.49. The molecule has 0 spiro atoms. The van der Waals surface area contributed by atoms with Gasteiger partial charge in [0.05, 0.1) is 5.56 Å². The van der Waals surface area contributed by atoms with E-state index in [0.29, 0.717) is 18.5 Å². The van der Waals surface area contributed by atoms with Gasteiger partial charge in [0.2, 0.25) is 5.89 Å². The summed E-state index contributed by atoms with van der Waals surface area (Å²) in [5.74, 6) is -0.544. The second-order valence-electron chi connectivity index (χ2n) is 7.53. The van der Waals surface area contributed by atoms with Crippen LogP contribution in [-0.4, -0.2) is 32.5 Å². The molecule has 5 rings (SSSR count). The number of aromatic nitrogens is 3. The van der Waals surface area contributed by atoms with Crippen molar-refractivity contribution in [1.29, 1.82) is 0 Å². The van der Waals surface area contributed by atoms with Crippen LogP contribution in [0.4, 0.5) is 4.39 Å². The van der Waals surface area contributed by atoms with Gasteiger partial charge < -0.3 is 14.3 Å². The smallest absolute Gasteiger partial charge is 0.261 e. The number of carbonyl (C=O) groups excluding carboxylic acids is 1. The first-order chi connectivity index (χ1) is 15.1. The van der Waals surface area contributed by atoms with E-state index < -0.39 is 17.4 Å². The monoisotopic (exact) mass is 418 g/mol. The summed E-state index contributed by atoms with van der Waals surface area (Å²) in [5, 5.41) is 8.85. The number of nitrogens with zero attached hydrogens (tertiary/aromatic N) is 3. The number of para-hydroxylation sites is 1. The number of nitrogens with one attached hydrogen (secondary N) is 1. The highest BCUT2D eigenvalue weighted by atomic mass is 19.1. The van der Waals surface area contributed by atoms with E-state index in [0.717, 1.165) is 18.2 Å². The van der Waals surface area contributed by atoms with Gasteiger partial charge >= 0.3 is 0 Å². The molecule has 0 unspecified atom stereocenters. The number of H-pyrrole nitrogens is 1. The van der Waals surface area contributed by atoms with E-state index in [1.807, 2.05) is 18.2 Å². The lowest BCUT2D eigenvalue weighted by Crippen LogP contribution is -2.40. The summed E-state index contributed by atoms with van der Waals surface area (Å²) < 4.78 is 19.9. The van der Waals surface area contributed by atoms with Crippen LogP contribution in [0.5, 0.6) is 0 Å². The molecule has 1 atom stereocenters. The highest BCUT2D eigenvalue weighted by Crippen LogP contribution is 2.33. The number of pyridine rings is 1. The third-order valence-electron chi connectivity index (χ3n) is 5.58. The topological polar surface area (TPSA) is 92.1 Å². The summed E-state index contributed by atoms with van der Waals surface area (Å²) in [7, 11) is 0. The molecule has 1 aliphatic rings. The largest absolute Gasteiger partial charge is 0.418 e. The number of hydrogen-bond donors (Lipinski definition) is 1. The number of likely N-dealkylation sites (tertiary alicyclic amines) is 1. The Bertz CT molecular complexity index is 1330. The van der Waals surface area contributed by atoms with Gasteiger partial charge in [0, 0.05) is 12.1 Å². The molecular weight excluding hydrogens is 399 g/mol. The van der Waals surface area contributed by atoms with E-state index in [2.05, 4.69) is 15.2 Å². The Kier molecular flexibility index (Phi) is 4.82. The van der Waals surface area contributed by atoms with Crippen molar-refractivity contribution < 1.29 is 13.6 Å². The van der Waals surface area contributed by atoms with Gasteiger partial charge in [-0.2, -0.15) is 0 Å². The molecule has 0 aliphatic carbocycles. The van der Waals surface area contributed by atoms with Crippen LogP contribution < -0.4 is 5.56 Å². The molecule has 4 aromatic rings. The van der Waals surface area contributed by atoms with Gasteiger partial charge in [0.25, 0.3) is 17.4 Å². The average Bonchev–Trinajstić information content (AvgIpc) is 3.28. The van der Waals surface area contributed by atoms with Crippen molar-refractivity contribution in [2.45, 2.75) is 25.3 Å². The maximum Gasteiger partial charge on any atom is 0.261 e. The Morgan fingerprint density at radius 1 is 1.10 bits per heavy atom. The summed E-state index contributed by atoms with van der Waals surface area (Å²) >= 11 is 0. The third-order valence-corrected chi connectivity index (χ3v) is 5.58. The highest BCUT2D eigenvalue weighted by molar-refractivity contribution is 5.97. The minimum Gasteiger partial charge on any atom is -0.418 e. The molecule has 1 fully saturated rings. The molecule has 2 aromatic heterocycles. The van der Waals surface area contributed by atoms with Gasteiger partial charge in [-0.1, -0.05) is 30.3 Å². The average molecular weight is 418 g/mol. The summed E-state index contributed by atoms with van der Waals surface area (Å²) in [4.78, 5) is 30.3. The highest BCUT2D eigenvalue weighted by Gasteiger charge is 2.34. The van der Waals surface area contributed by atoms with Crippen LogP contribution >= 0.6 is 0 Å². The van der Waals surface area contributed by atoms with Gasteiger partial charge in [-0.05, 0) is 48.9 Å². The van der Waals surface area contributed by atoms with Crippen LogP contribution in [0.1, 0.15) is 41.6 Å². The lowest BCUT2D eigenvalue weighted by molar-refractivity contribution is 0.0571. The molecule has 0 radical (unpaired) electrons. The van der Waals surface area contributed by atoms with Crippen LogP contribution in [0.3, 0.4) is 0 Å². The molecule has 7 nitrogen and oxygen atoms in total. The fourth-order valence-corrected chi connectivity index (χ4v) is 4.01. The second-order valence-corrected chi connectivity index (χ2v) is 7.53. The molecule has 0 bridgehead atoms. The van der Waals surface area contributed by atoms with Gasteiger partial charge in [-0.15, -0.1) is 10.2 Å². The molecule has 1 saturated heterocycles. The van der Waals surface area contributed by atoms with Crippen LogP contribution in [0.2, 0.25) is 0 Å². The normalized spacial score (nSPS) is 16.5. The number of rotatable bonds is 3. The van der Waals surface area contributed by atoms with E-state index in [-0.39, 0.29) is 28.8 Å². The van der Waals surface area contributed by atoms with Crippen LogP contribution in [-0.2, 0) is 0 Å². The maximum absolute atomic E-state index is 14.1. The number of piperidine rings is 1. The Morgan fingerprint density at radius 2 is 1.90 bits per heavy atom.